The summed E-state index contributed by atoms with van der Waals surface area (Å²) in [6.07, 6.45) is 7.97. The van der Waals surface area contributed by atoms with Crippen LogP contribution in [-0.4, -0.2) is 126 Å². The van der Waals surface area contributed by atoms with Gasteiger partial charge in [0.1, 0.15) is 18.1 Å². The fourth-order valence-electron chi connectivity index (χ4n) is 14.3. The molecule has 3 aromatic heterocycles. The Morgan fingerprint density at radius 2 is 0.825 bits per heavy atom. The Hall–Kier alpha value is -9.26. The number of halogens is 3. The summed E-state index contributed by atoms with van der Waals surface area (Å²) in [4.78, 5) is 81.9. The molecule has 8 aromatic carbocycles. The van der Waals surface area contributed by atoms with Crippen LogP contribution in [0.5, 0.6) is 34.5 Å². The first-order chi connectivity index (χ1) is 50.1. The number of nitrogens with one attached hydrogen (secondary N) is 4. The van der Waals surface area contributed by atoms with E-state index in [0.717, 1.165) is 106 Å². The number of aromatic amines is 3. The SMILES string of the molecule is CN(C)C(=O)[C@H]1Cc2c([nH]c3ccccc23)[C@@H](c2ccc3c(c2)OCO3)N1C(=O)/C=C/c1ccccc1.COC(=O)[C@H]1Cc2c([nH]c3ccccc23)[C@@H](c2ccc3c(c2)OCO3)N1.COC(=O)[C@H]1Cc2c([nH]c3ccccc23)[C@@H](c2ccc3c(c2)OCO3)N1C(=O)/C=C/c1ccccc1.[I][V]([I])[I]. The summed E-state index contributed by atoms with van der Waals surface area (Å²) in [5.41, 5.74) is 13.5. The van der Waals surface area contributed by atoms with Gasteiger partial charge in [-0.15, -0.1) is 0 Å². The minimum atomic E-state index is -0.801. The number of esters is 2. The van der Waals surface area contributed by atoms with Crippen LogP contribution in [0.4, 0.5) is 0 Å². The maximum atomic E-state index is 13.9. The number of benzene rings is 8. The monoisotopic (exact) mass is 1760 g/mol. The Morgan fingerprint density at radius 1 is 0.456 bits per heavy atom. The van der Waals surface area contributed by atoms with Crippen LogP contribution in [0.2, 0.25) is 0 Å². The van der Waals surface area contributed by atoms with Crippen molar-refractivity contribution in [2.45, 2.75) is 55.5 Å². The fraction of sp³-hybridized carbons (Fsp3) is 0.203. The number of aromatic nitrogens is 3. The molecular formula is C79H69I3N7O13V. The molecule has 3 amide bonds. The molecule has 9 heterocycles. The zero-order chi connectivity index (χ0) is 71.4. The maximum absolute atomic E-state index is 13.9. The van der Waals surface area contributed by atoms with Gasteiger partial charge in [-0.25, -0.2) is 4.79 Å². The molecule has 0 spiro atoms. The van der Waals surface area contributed by atoms with E-state index >= 15 is 0 Å². The topological polar surface area (TPSA) is 228 Å². The van der Waals surface area contributed by atoms with E-state index in [2.05, 4.69) is 98.4 Å². The Kier molecular flexibility index (Phi) is 21.6. The average molecular weight is 1760 g/mol. The number of likely N-dealkylation sites (N-methyl/N-ethyl adjacent to an activating group) is 1. The molecule has 6 aliphatic rings. The van der Waals surface area contributed by atoms with Crippen LogP contribution < -0.4 is 33.7 Å². The number of rotatable bonds is 10. The van der Waals surface area contributed by atoms with E-state index in [1.54, 1.807) is 47.0 Å². The Labute approximate surface area is 631 Å². The quantitative estimate of drug-likeness (QED) is 0.0567. The Bertz CT molecular complexity index is 5080. The van der Waals surface area contributed by atoms with Crippen molar-refractivity contribution in [2.75, 3.05) is 48.7 Å². The van der Waals surface area contributed by atoms with Gasteiger partial charge in [-0.3, -0.25) is 24.5 Å². The number of methoxy groups -OCH3 is 2. The number of carbonyl (C=O) groups is 5. The third kappa shape index (κ3) is 14.9. The third-order valence-electron chi connectivity index (χ3n) is 19.0. The van der Waals surface area contributed by atoms with E-state index in [4.69, 9.17) is 37.9 Å². The first-order valence-electron chi connectivity index (χ1n) is 33.1. The molecule has 524 valence electrons. The first kappa shape index (κ1) is 70.8. The van der Waals surface area contributed by atoms with Crippen molar-refractivity contribution in [2.24, 2.45) is 0 Å². The zero-order valence-corrected chi connectivity index (χ0v) is 64.0. The predicted molar refractivity (Wildman–Crippen MR) is 413 cm³/mol. The van der Waals surface area contributed by atoms with Gasteiger partial charge >= 0.3 is 76.8 Å². The molecule has 0 fully saturated rings. The molecule has 4 N–H and O–H groups in total. The minimum absolute atomic E-state index is 0.122. The van der Waals surface area contributed by atoms with Crippen molar-refractivity contribution < 1.29 is 66.8 Å². The van der Waals surface area contributed by atoms with E-state index in [-0.39, 0.29) is 55.0 Å². The predicted octanol–water partition coefficient (Wildman–Crippen LogP) is 14.5. The molecule has 0 saturated carbocycles. The number of ether oxygens (including phenoxy) is 8. The standard InChI is InChI=1S/C30H27N3O4.C29H24N2O5.C20H18N2O4.3HI.V/c1-32(2)30(35)24-17-22-21-10-6-7-11-23(21)31-28(22)29(20-13-14-25-26(16-20)37-18-36-25)33(24)27(34)15-12-19-8-4-3-5-9-19;1-34-29(33)23-16-21-20-9-5-6-10-22(20)30-27(21)28(19-12-13-24-25(15-19)36-17-35-24)31(23)26(32)14-11-18-7-3-2-4-8-18;1-24-20(23)15-9-13-12-4-2-3-5-14(12)21-19(13)18(22-15)11-6-7-16-17(8-11)26-10-25-16;;;;/h3-16,24,29,31H,17-18H2,1-2H3;2-15,23,28,30H,16-17H2,1H3;2-8,15,18,21-22H,9-10H2,1H3;3*1H;/q;;;;;;+3/p-3/b15-12+;14-11+;;;;;/t24-,29-;23-,28-;15-,18-;;;;/m111..../s1. The molecule has 6 atom stereocenters. The molecule has 103 heavy (non-hydrogen) atoms. The second-order valence-corrected chi connectivity index (χ2v) is 60.4. The summed E-state index contributed by atoms with van der Waals surface area (Å²) in [7, 11) is 6.23. The number of fused-ring (bicyclic) bond motifs is 12. The van der Waals surface area contributed by atoms with Gasteiger partial charge in [-0.05, 0) is 111 Å². The average Bonchev–Trinajstić information content (AvgIpc) is 1.66. The van der Waals surface area contributed by atoms with Gasteiger partial charge in [0.15, 0.2) is 34.5 Å². The number of hydrogen-bond donors (Lipinski definition) is 4. The van der Waals surface area contributed by atoms with Gasteiger partial charge in [0, 0.05) is 95.3 Å². The van der Waals surface area contributed by atoms with Crippen molar-refractivity contribution in [3.63, 3.8) is 0 Å². The first-order valence-corrected chi connectivity index (χ1v) is 46.6. The van der Waals surface area contributed by atoms with Gasteiger partial charge in [0.2, 0.25) is 38.1 Å². The number of carbonyl (C=O) groups excluding carboxylic acids is 5. The summed E-state index contributed by atoms with van der Waals surface area (Å²) in [6.45, 7) is 0.541. The summed E-state index contributed by atoms with van der Waals surface area (Å²) in [5.74, 6) is 2.65. The van der Waals surface area contributed by atoms with Crippen LogP contribution in [0.25, 0.3) is 44.9 Å². The van der Waals surface area contributed by atoms with Gasteiger partial charge in [0.25, 0.3) is 0 Å². The fourth-order valence-corrected chi connectivity index (χ4v) is 14.3. The number of amides is 3. The van der Waals surface area contributed by atoms with Crippen LogP contribution in [0.3, 0.4) is 0 Å². The molecule has 17 rings (SSSR count). The molecular weight excluding hydrogens is 1690 g/mol. The van der Waals surface area contributed by atoms with Crippen molar-refractivity contribution in [1.29, 1.82) is 0 Å². The number of para-hydroxylation sites is 3. The summed E-state index contributed by atoms with van der Waals surface area (Å²) >= 11 is 7.39. The molecule has 0 radical (unpaired) electrons. The van der Waals surface area contributed by atoms with Gasteiger partial charge in [-0.1, -0.05) is 133 Å². The van der Waals surface area contributed by atoms with Crippen molar-refractivity contribution in [3.8, 4) is 34.5 Å². The van der Waals surface area contributed by atoms with Crippen LogP contribution >= 0.6 is 59.9 Å². The van der Waals surface area contributed by atoms with Crippen LogP contribution in [0, 0.1) is 0 Å². The van der Waals surface area contributed by atoms with E-state index in [0.29, 0.717) is 42.3 Å². The van der Waals surface area contributed by atoms with E-state index < -0.39 is 36.2 Å². The summed E-state index contributed by atoms with van der Waals surface area (Å²) in [5, 5.41) is 6.66. The third-order valence-corrected chi connectivity index (χ3v) is 19.0. The van der Waals surface area contributed by atoms with E-state index in [1.165, 1.54) is 20.3 Å². The van der Waals surface area contributed by atoms with E-state index in [1.807, 2.05) is 170 Å². The van der Waals surface area contributed by atoms with Gasteiger partial charge < -0.3 is 67.5 Å². The van der Waals surface area contributed by atoms with Gasteiger partial charge in [0.05, 0.1) is 32.3 Å². The number of nitrogens with zero attached hydrogens (tertiary/aromatic N) is 3. The zero-order valence-electron chi connectivity index (χ0n) is 56.1. The van der Waals surface area contributed by atoms with Crippen LogP contribution in [-0.2, 0) is 57.6 Å². The second kappa shape index (κ2) is 31.4. The molecule has 0 unspecified atom stereocenters. The summed E-state index contributed by atoms with van der Waals surface area (Å²) in [6, 6.07) is 57.5. The molecule has 6 aliphatic heterocycles. The van der Waals surface area contributed by atoms with Gasteiger partial charge in [-0.2, -0.15) is 0 Å². The molecule has 24 heteroatoms. The number of hydrogen-bond acceptors (Lipinski definition) is 14. The van der Waals surface area contributed by atoms with E-state index in [9.17, 15) is 24.0 Å². The Balaban J connectivity index is 0.000000129. The normalized spacial score (nSPS) is 18.6. The van der Waals surface area contributed by atoms with Crippen LogP contribution in [0.15, 0.2) is 200 Å². The van der Waals surface area contributed by atoms with Crippen molar-refractivity contribution in [1.82, 2.24) is 35.0 Å². The molecule has 0 aliphatic carbocycles. The molecule has 0 saturated heterocycles. The number of H-pyrrole nitrogens is 3. The molecule has 20 nitrogen and oxygen atoms in total. The van der Waals surface area contributed by atoms with Crippen molar-refractivity contribution >= 4 is 134 Å². The van der Waals surface area contributed by atoms with Crippen LogP contribution in [0.1, 0.15) is 79.7 Å². The molecule has 11 aromatic rings. The van der Waals surface area contributed by atoms with Crippen molar-refractivity contribution in [3.05, 3.63) is 262 Å². The Morgan fingerprint density at radius 3 is 1.26 bits per heavy atom. The summed E-state index contributed by atoms with van der Waals surface area (Å²) < 4.78 is 43.4. The molecule has 0 bridgehead atoms. The second-order valence-electron chi connectivity index (χ2n) is 25.1.